The number of anilines is 1. The lowest BCUT2D eigenvalue weighted by atomic mass is 9.89. The van der Waals surface area contributed by atoms with Gasteiger partial charge in [0.05, 0.1) is 12.8 Å². The summed E-state index contributed by atoms with van der Waals surface area (Å²) in [5, 5.41) is 0. The summed E-state index contributed by atoms with van der Waals surface area (Å²) >= 11 is 0. The van der Waals surface area contributed by atoms with Crippen molar-refractivity contribution in [2.75, 3.05) is 39.2 Å². The molecule has 1 aromatic heterocycles. The van der Waals surface area contributed by atoms with Gasteiger partial charge in [0.25, 0.3) is 0 Å². The number of rotatable bonds is 5. The fourth-order valence-electron chi connectivity index (χ4n) is 3.58. The van der Waals surface area contributed by atoms with Gasteiger partial charge in [-0.05, 0) is 30.5 Å². The van der Waals surface area contributed by atoms with Crippen LogP contribution in [0.4, 0.5) is 5.95 Å². The van der Waals surface area contributed by atoms with Crippen LogP contribution in [0.1, 0.15) is 37.8 Å². The third-order valence-electron chi connectivity index (χ3n) is 5.05. The molecule has 2 heterocycles. The summed E-state index contributed by atoms with van der Waals surface area (Å²) in [6.45, 7) is 3.47. The van der Waals surface area contributed by atoms with E-state index in [1.807, 2.05) is 55.2 Å². The van der Waals surface area contributed by atoms with Gasteiger partial charge in [0.1, 0.15) is 5.75 Å². The van der Waals surface area contributed by atoms with Gasteiger partial charge in [0.15, 0.2) is 0 Å². The van der Waals surface area contributed by atoms with Crippen LogP contribution in [0.15, 0.2) is 30.5 Å². The van der Waals surface area contributed by atoms with E-state index in [-0.39, 0.29) is 11.8 Å². The highest BCUT2D eigenvalue weighted by atomic mass is 16.5. The molecular formula is C21H28N4O2. The van der Waals surface area contributed by atoms with Crippen LogP contribution in [-0.4, -0.2) is 55.1 Å². The first-order valence-corrected chi connectivity index (χ1v) is 9.50. The number of methoxy groups -OCH3 is 1. The molecule has 1 aromatic carbocycles. The summed E-state index contributed by atoms with van der Waals surface area (Å²) in [5.74, 6) is 1.92. The number of likely N-dealkylation sites (tertiary alicyclic amines) is 1. The molecule has 1 aliphatic rings. The number of hydrogen-bond donors (Lipinski definition) is 0. The summed E-state index contributed by atoms with van der Waals surface area (Å²) in [7, 11) is 5.55. The Balaban J connectivity index is 2.03. The zero-order valence-corrected chi connectivity index (χ0v) is 16.6. The van der Waals surface area contributed by atoms with E-state index >= 15 is 0 Å². The number of carbonyl (C=O) groups excluding carboxylic acids is 1. The van der Waals surface area contributed by atoms with Crippen molar-refractivity contribution < 1.29 is 9.53 Å². The van der Waals surface area contributed by atoms with Crippen molar-refractivity contribution in [1.82, 2.24) is 14.9 Å². The molecule has 0 aliphatic carbocycles. The maximum Gasteiger partial charge on any atom is 0.225 e. The number of piperidine rings is 1. The van der Waals surface area contributed by atoms with Crippen LogP contribution >= 0.6 is 0 Å². The molecule has 1 atom stereocenters. The minimum atomic E-state index is 0.206. The first-order chi connectivity index (χ1) is 13.0. The second-order valence-corrected chi connectivity index (χ2v) is 7.13. The Labute approximate surface area is 161 Å². The van der Waals surface area contributed by atoms with Gasteiger partial charge < -0.3 is 14.5 Å². The lowest BCUT2D eigenvalue weighted by Crippen LogP contribution is -2.39. The van der Waals surface area contributed by atoms with Crippen molar-refractivity contribution in [1.29, 1.82) is 0 Å². The molecule has 3 rings (SSSR count). The van der Waals surface area contributed by atoms with Crippen molar-refractivity contribution in [3.63, 3.8) is 0 Å². The lowest BCUT2D eigenvalue weighted by Gasteiger charge is -2.33. The molecule has 2 aromatic rings. The number of aromatic nitrogens is 2. The van der Waals surface area contributed by atoms with Gasteiger partial charge in [-0.1, -0.05) is 19.1 Å². The molecular weight excluding hydrogens is 340 g/mol. The predicted octanol–water partition coefficient (Wildman–Crippen LogP) is 3.33. The fourth-order valence-corrected chi connectivity index (χ4v) is 3.58. The molecule has 0 N–H and O–H groups in total. The van der Waals surface area contributed by atoms with E-state index in [9.17, 15) is 4.79 Å². The molecule has 1 aliphatic heterocycles. The normalized spacial score (nSPS) is 16.9. The van der Waals surface area contributed by atoms with Crippen molar-refractivity contribution in [3.05, 3.63) is 36.2 Å². The molecule has 144 valence electrons. The smallest absolute Gasteiger partial charge is 0.225 e. The number of amides is 1. The van der Waals surface area contributed by atoms with Gasteiger partial charge in [0.2, 0.25) is 11.9 Å². The summed E-state index contributed by atoms with van der Waals surface area (Å²) in [4.78, 5) is 25.5. The SMILES string of the molecule is CCC(=O)N1CCC[C@@H](c2nc(N(C)C)ncc2-c2cccc(OC)c2)C1. The number of ether oxygens (including phenoxy) is 1. The monoisotopic (exact) mass is 368 g/mol. The van der Waals surface area contributed by atoms with Gasteiger partial charge in [0, 0.05) is 51.3 Å². The number of nitrogens with zero attached hydrogens (tertiary/aromatic N) is 4. The van der Waals surface area contributed by atoms with Gasteiger partial charge in [-0.3, -0.25) is 4.79 Å². The molecule has 0 radical (unpaired) electrons. The highest BCUT2D eigenvalue weighted by molar-refractivity contribution is 5.76. The van der Waals surface area contributed by atoms with Gasteiger partial charge in [-0.15, -0.1) is 0 Å². The van der Waals surface area contributed by atoms with Gasteiger partial charge in [-0.25, -0.2) is 9.97 Å². The minimum absolute atomic E-state index is 0.206. The van der Waals surface area contributed by atoms with Crippen LogP contribution in [0.2, 0.25) is 0 Å². The van der Waals surface area contributed by atoms with Crippen LogP contribution in [0, 0.1) is 0 Å². The van der Waals surface area contributed by atoms with Crippen LogP contribution in [0.25, 0.3) is 11.1 Å². The van der Waals surface area contributed by atoms with E-state index in [1.54, 1.807) is 7.11 Å². The molecule has 1 fully saturated rings. The molecule has 1 amide bonds. The number of carbonyl (C=O) groups is 1. The van der Waals surface area contributed by atoms with Crippen molar-refractivity contribution in [2.45, 2.75) is 32.1 Å². The zero-order valence-electron chi connectivity index (χ0n) is 16.6. The minimum Gasteiger partial charge on any atom is -0.497 e. The first-order valence-electron chi connectivity index (χ1n) is 9.50. The van der Waals surface area contributed by atoms with Crippen molar-refractivity contribution >= 4 is 11.9 Å². The van der Waals surface area contributed by atoms with E-state index in [0.29, 0.717) is 18.9 Å². The average Bonchev–Trinajstić information content (AvgIpc) is 2.72. The molecule has 0 unspecified atom stereocenters. The Morgan fingerprint density at radius 1 is 1.37 bits per heavy atom. The van der Waals surface area contributed by atoms with E-state index in [2.05, 4.69) is 11.1 Å². The third kappa shape index (κ3) is 4.21. The van der Waals surface area contributed by atoms with E-state index < -0.39 is 0 Å². The molecule has 1 saturated heterocycles. The Hall–Kier alpha value is -2.63. The summed E-state index contributed by atoms with van der Waals surface area (Å²) in [6, 6.07) is 7.97. The Morgan fingerprint density at radius 2 is 2.19 bits per heavy atom. The zero-order chi connectivity index (χ0) is 19.4. The van der Waals surface area contributed by atoms with Gasteiger partial charge in [-0.2, -0.15) is 0 Å². The first kappa shape index (κ1) is 19.1. The maximum atomic E-state index is 12.2. The van der Waals surface area contributed by atoms with Gasteiger partial charge >= 0.3 is 0 Å². The summed E-state index contributed by atoms with van der Waals surface area (Å²) < 4.78 is 5.38. The predicted molar refractivity (Wildman–Crippen MR) is 107 cm³/mol. The third-order valence-corrected chi connectivity index (χ3v) is 5.05. The Bertz CT molecular complexity index is 807. The van der Waals surface area contributed by atoms with E-state index in [4.69, 9.17) is 9.72 Å². The van der Waals surface area contributed by atoms with Crippen molar-refractivity contribution in [2.24, 2.45) is 0 Å². The van der Waals surface area contributed by atoms with Crippen LogP contribution in [0.3, 0.4) is 0 Å². The second kappa shape index (κ2) is 8.37. The maximum absolute atomic E-state index is 12.2. The molecule has 6 nitrogen and oxygen atoms in total. The second-order valence-electron chi connectivity index (χ2n) is 7.13. The average molecular weight is 368 g/mol. The molecule has 0 bridgehead atoms. The Kier molecular flexibility index (Phi) is 5.94. The molecule has 6 heteroatoms. The van der Waals surface area contributed by atoms with Crippen LogP contribution in [-0.2, 0) is 4.79 Å². The lowest BCUT2D eigenvalue weighted by molar-refractivity contribution is -0.132. The summed E-state index contributed by atoms with van der Waals surface area (Å²) in [6.07, 6.45) is 4.46. The quantitative estimate of drug-likeness (QED) is 0.810. The highest BCUT2D eigenvalue weighted by Gasteiger charge is 2.27. The Morgan fingerprint density at radius 3 is 2.89 bits per heavy atom. The number of benzene rings is 1. The van der Waals surface area contributed by atoms with Crippen LogP contribution in [0.5, 0.6) is 5.75 Å². The topological polar surface area (TPSA) is 58.6 Å². The van der Waals surface area contributed by atoms with E-state index in [0.717, 1.165) is 42.0 Å². The summed E-state index contributed by atoms with van der Waals surface area (Å²) in [5.41, 5.74) is 3.06. The highest BCUT2D eigenvalue weighted by Crippen LogP contribution is 2.35. The largest absolute Gasteiger partial charge is 0.497 e. The molecule has 0 saturated carbocycles. The fraction of sp³-hybridized carbons (Fsp3) is 0.476. The molecule has 27 heavy (non-hydrogen) atoms. The van der Waals surface area contributed by atoms with Crippen LogP contribution < -0.4 is 9.64 Å². The molecule has 0 spiro atoms. The van der Waals surface area contributed by atoms with E-state index in [1.165, 1.54) is 0 Å². The standard InChI is InChI=1S/C21H28N4O2/c1-5-19(26)25-11-7-9-16(14-25)20-18(13-22-21(23-20)24(2)3)15-8-6-10-17(12-15)27-4/h6,8,10,12-13,16H,5,7,9,11,14H2,1-4H3/t16-/m1/s1. The number of hydrogen-bond acceptors (Lipinski definition) is 5. The van der Waals surface area contributed by atoms with Crippen molar-refractivity contribution in [3.8, 4) is 16.9 Å².